The van der Waals surface area contributed by atoms with E-state index in [4.69, 9.17) is 4.74 Å². The van der Waals surface area contributed by atoms with Crippen molar-refractivity contribution in [1.29, 1.82) is 0 Å². The van der Waals surface area contributed by atoms with Crippen molar-refractivity contribution in [3.8, 4) is 5.75 Å². The summed E-state index contributed by atoms with van der Waals surface area (Å²) in [6.07, 6.45) is 10.8. The minimum Gasteiger partial charge on any atom is -0.491 e. The summed E-state index contributed by atoms with van der Waals surface area (Å²) in [5.41, 5.74) is 5.42. The van der Waals surface area contributed by atoms with Crippen molar-refractivity contribution in [3.05, 3.63) is 71.0 Å². The first-order valence-corrected chi connectivity index (χ1v) is 8.89. The second kappa shape index (κ2) is 6.17. The molecule has 0 aliphatic carbocycles. The van der Waals surface area contributed by atoms with Gasteiger partial charge in [0.05, 0.1) is 22.2 Å². The average Bonchev–Trinajstić information content (AvgIpc) is 3.23. The Bertz CT molecular complexity index is 804. The summed E-state index contributed by atoms with van der Waals surface area (Å²) in [4.78, 5) is 7.57. The number of benzene rings is 1. The summed E-state index contributed by atoms with van der Waals surface area (Å²) in [5, 5.41) is 3.42. The van der Waals surface area contributed by atoms with E-state index < -0.39 is 0 Å². The minimum atomic E-state index is 0.147. The van der Waals surface area contributed by atoms with E-state index in [9.17, 15) is 0 Å². The lowest BCUT2D eigenvalue weighted by molar-refractivity contribution is 0.242. The van der Waals surface area contributed by atoms with E-state index in [0.717, 1.165) is 11.4 Å². The molecule has 5 heteroatoms. The minimum absolute atomic E-state index is 0.147. The molecule has 0 saturated carbocycles. The second-order valence-electron chi connectivity index (χ2n) is 6.04. The van der Waals surface area contributed by atoms with Crippen molar-refractivity contribution in [2.45, 2.75) is 26.1 Å². The van der Waals surface area contributed by atoms with Gasteiger partial charge in [-0.25, -0.2) is 0 Å². The topological polar surface area (TPSA) is 37.4 Å². The monoisotopic (exact) mass is 337 g/mol. The Kier molecular flexibility index (Phi) is 3.86. The molecular formula is C19H19N3OS. The van der Waals surface area contributed by atoms with Crippen molar-refractivity contribution in [1.82, 2.24) is 15.2 Å². The molecule has 2 aromatic rings. The number of thiazole rings is 1. The van der Waals surface area contributed by atoms with Gasteiger partial charge in [-0.05, 0) is 49.3 Å². The molecule has 0 saturated heterocycles. The SMILES string of the molecule is CC(C)Oc1ccc(C2=CC3NC=C(c4cncs4)N3C=C2)cc1. The number of rotatable bonds is 4. The normalized spacial score (nSPS) is 19.0. The molecule has 1 aromatic heterocycles. The lowest BCUT2D eigenvalue weighted by atomic mass is 10.0. The smallest absolute Gasteiger partial charge is 0.123 e. The van der Waals surface area contributed by atoms with Crippen LogP contribution >= 0.6 is 11.3 Å². The Hall–Kier alpha value is -2.53. The summed E-state index contributed by atoms with van der Waals surface area (Å²) < 4.78 is 5.71. The Morgan fingerprint density at radius 2 is 2.08 bits per heavy atom. The summed E-state index contributed by atoms with van der Waals surface area (Å²) in [6, 6.07) is 8.27. The largest absolute Gasteiger partial charge is 0.491 e. The zero-order chi connectivity index (χ0) is 16.5. The van der Waals surface area contributed by atoms with Crippen LogP contribution in [-0.4, -0.2) is 22.2 Å². The maximum absolute atomic E-state index is 5.71. The Morgan fingerprint density at radius 1 is 1.25 bits per heavy atom. The van der Waals surface area contributed by atoms with Gasteiger partial charge in [0.2, 0.25) is 0 Å². The van der Waals surface area contributed by atoms with Crippen LogP contribution in [0.3, 0.4) is 0 Å². The molecule has 122 valence electrons. The third kappa shape index (κ3) is 2.83. The van der Waals surface area contributed by atoms with Gasteiger partial charge in [0.15, 0.2) is 0 Å². The van der Waals surface area contributed by atoms with Gasteiger partial charge in [-0.15, -0.1) is 11.3 Å². The van der Waals surface area contributed by atoms with Gasteiger partial charge in [-0.1, -0.05) is 12.1 Å². The van der Waals surface area contributed by atoms with E-state index in [1.165, 1.54) is 16.0 Å². The molecule has 4 rings (SSSR count). The van der Waals surface area contributed by atoms with Crippen LogP contribution < -0.4 is 10.1 Å². The van der Waals surface area contributed by atoms with Gasteiger partial charge in [0, 0.05) is 18.6 Å². The summed E-state index contributed by atoms with van der Waals surface area (Å²) >= 11 is 1.65. The fourth-order valence-electron chi connectivity index (χ4n) is 2.89. The number of ether oxygens (including phenoxy) is 1. The third-order valence-electron chi connectivity index (χ3n) is 3.96. The van der Waals surface area contributed by atoms with Gasteiger partial charge in [0.1, 0.15) is 11.9 Å². The molecule has 0 amide bonds. The lowest BCUT2D eigenvalue weighted by Gasteiger charge is -2.27. The molecule has 1 aromatic carbocycles. The van der Waals surface area contributed by atoms with Crippen molar-refractivity contribution in [2.75, 3.05) is 0 Å². The molecule has 0 spiro atoms. The molecule has 2 aliphatic heterocycles. The first-order valence-electron chi connectivity index (χ1n) is 8.01. The predicted molar refractivity (Wildman–Crippen MR) is 98.2 cm³/mol. The Morgan fingerprint density at radius 3 is 2.79 bits per heavy atom. The maximum atomic E-state index is 5.71. The van der Waals surface area contributed by atoms with Crippen LogP contribution in [0.2, 0.25) is 0 Å². The first kappa shape index (κ1) is 15.0. The van der Waals surface area contributed by atoms with Crippen LogP contribution in [0.5, 0.6) is 5.75 Å². The third-order valence-corrected chi connectivity index (χ3v) is 4.76. The molecule has 0 fully saturated rings. The highest BCUT2D eigenvalue weighted by Crippen LogP contribution is 2.33. The number of nitrogens with zero attached hydrogens (tertiary/aromatic N) is 2. The summed E-state index contributed by atoms with van der Waals surface area (Å²) in [5.74, 6) is 0.906. The number of nitrogens with one attached hydrogen (secondary N) is 1. The van der Waals surface area contributed by atoms with Gasteiger partial charge in [-0.2, -0.15) is 0 Å². The fourth-order valence-corrected chi connectivity index (χ4v) is 3.53. The molecule has 1 unspecified atom stereocenters. The van der Waals surface area contributed by atoms with Crippen LogP contribution in [0.1, 0.15) is 24.3 Å². The predicted octanol–water partition coefficient (Wildman–Crippen LogP) is 4.07. The quantitative estimate of drug-likeness (QED) is 0.912. The van der Waals surface area contributed by atoms with Crippen molar-refractivity contribution >= 4 is 22.6 Å². The zero-order valence-corrected chi connectivity index (χ0v) is 14.5. The maximum Gasteiger partial charge on any atom is 0.123 e. The molecule has 4 nitrogen and oxygen atoms in total. The average molecular weight is 337 g/mol. The van der Waals surface area contributed by atoms with Crippen molar-refractivity contribution < 1.29 is 4.74 Å². The first-order chi connectivity index (χ1) is 11.7. The van der Waals surface area contributed by atoms with Crippen molar-refractivity contribution in [2.24, 2.45) is 0 Å². The number of hydrogen-bond acceptors (Lipinski definition) is 5. The number of allylic oxidation sites excluding steroid dienone is 2. The molecule has 24 heavy (non-hydrogen) atoms. The molecular weight excluding hydrogens is 318 g/mol. The highest BCUT2D eigenvalue weighted by Gasteiger charge is 2.26. The standard InChI is InChI=1S/C19H19N3OS/c1-13(2)23-16-5-3-14(4-6-16)15-7-8-22-17(10-21-19(22)9-15)18-11-20-12-24-18/h3-13,19,21H,1-2H3. The summed E-state index contributed by atoms with van der Waals surface area (Å²) in [6.45, 7) is 4.07. The van der Waals surface area contributed by atoms with Crippen LogP contribution in [-0.2, 0) is 0 Å². The van der Waals surface area contributed by atoms with Gasteiger partial charge in [0.25, 0.3) is 0 Å². The lowest BCUT2D eigenvalue weighted by Crippen LogP contribution is -2.32. The van der Waals surface area contributed by atoms with E-state index in [0.29, 0.717) is 0 Å². The number of hydrogen-bond donors (Lipinski definition) is 1. The highest BCUT2D eigenvalue weighted by atomic mass is 32.1. The molecule has 1 N–H and O–H groups in total. The number of fused-ring (bicyclic) bond motifs is 1. The molecule has 0 bridgehead atoms. The Labute approximate surface area is 145 Å². The van der Waals surface area contributed by atoms with E-state index in [1.807, 2.05) is 37.7 Å². The van der Waals surface area contributed by atoms with Crippen LogP contribution in [0.15, 0.2) is 60.5 Å². The van der Waals surface area contributed by atoms with E-state index in [1.54, 1.807) is 11.3 Å². The second-order valence-corrected chi connectivity index (χ2v) is 6.93. The van der Waals surface area contributed by atoms with E-state index in [-0.39, 0.29) is 12.3 Å². The van der Waals surface area contributed by atoms with Gasteiger partial charge < -0.3 is 15.0 Å². The molecule has 3 heterocycles. The number of aromatic nitrogens is 1. The highest BCUT2D eigenvalue weighted by molar-refractivity contribution is 7.10. The zero-order valence-electron chi connectivity index (χ0n) is 13.6. The van der Waals surface area contributed by atoms with E-state index >= 15 is 0 Å². The van der Waals surface area contributed by atoms with Gasteiger partial charge >= 0.3 is 0 Å². The van der Waals surface area contributed by atoms with Crippen LogP contribution in [0, 0.1) is 0 Å². The fraction of sp³-hybridized carbons (Fsp3) is 0.211. The van der Waals surface area contributed by atoms with Crippen LogP contribution in [0.25, 0.3) is 11.3 Å². The summed E-state index contributed by atoms with van der Waals surface area (Å²) in [7, 11) is 0. The molecule has 1 atom stereocenters. The molecule has 0 radical (unpaired) electrons. The molecule has 2 aliphatic rings. The van der Waals surface area contributed by atoms with Gasteiger partial charge in [-0.3, -0.25) is 4.98 Å². The Balaban J connectivity index is 1.52. The van der Waals surface area contributed by atoms with Crippen LogP contribution in [0.4, 0.5) is 0 Å². The van der Waals surface area contributed by atoms with E-state index in [2.05, 4.69) is 51.9 Å². The van der Waals surface area contributed by atoms with Crippen molar-refractivity contribution in [3.63, 3.8) is 0 Å².